The number of benzene rings is 1. The first-order chi connectivity index (χ1) is 10.2. The highest BCUT2D eigenvalue weighted by molar-refractivity contribution is 6.02. The van der Waals surface area contributed by atoms with Gasteiger partial charge < -0.3 is 9.84 Å². The van der Waals surface area contributed by atoms with Gasteiger partial charge in [-0.3, -0.25) is 4.98 Å². The van der Waals surface area contributed by atoms with Crippen LogP contribution in [0.15, 0.2) is 30.5 Å². The van der Waals surface area contributed by atoms with Crippen molar-refractivity contribution in [2.45, 2.75) is 18.3 Å². The summed E-state index contributed by atoms with van der Waals surface area (Å²) in [6.45, 7) is 1.09. The second-order valence-corrected chi connectivity index (χ2v) is 5.20. The Morgan fingerprint density at radius 1 is 1.33 bits per heavy atom. The normalized spacial score (nSPS) is 17.3. The SMILES string of the molecule is N#CC1(c2ccc3nccc(C(=O)O)c3c2)CCOCC1. The largest absolute Gasteiger partial charge is 0.478 e. The van der Waals surface area contributed by atoms with Gasteiger partial charge in [0, 0.05) is 24.8 Å². The summed E-state index contributed by atoms with van der Waals surface area (Å²) in [4.78, 5) is 15.5. The fourth-order valence-electron chi connectivity index (χ4n) is 2.82. The highest BCUT2D eigenvalue weighted by Gasteiger charge is 2.35. The third-order valence-electron chi connectivity index (χ3n) is 4.08. The summed E-state index contributed by atoms with van der Waals surface area (Å²) in [5.41, 5.74) is 1.08. The van der Waals surface area contributed by atoms with Crippen LogP contribution in [0.4, 0.5) is 0 Å². The first-order valence-electron chi connectivity index (χ1n) is 6.78. The summed E-state index contributed by atoms with van der Waals surface area (Å²) in [7, 11) is 0. The topological polar surface area (TPSA) is 83.2 Å². The molecule has 0 radical (unpaired) electrons. The van der Waals surface area contributed by atoms with Gasteiger partial charge in [-0.25, -0.2) is 4.79 Å². The number of carboxylic acid groups (broad SMARTS) is 1. The van der Waals surface area contributed by atoms with Crippen LogP contribution < -0.4 is 0 Å². The van der Waals surface area contributed by atoms with Crippen molar-refractivity contribution in [1.82, 2.24) is 4.98 Å². The van der Waals surface area contributed by atoms with Crippen molar-refractivity contribution < 1.29 is 14.6 Å². The summed E-state index contributed by atoms with van der Waals surface area (Å²) in [6, 6.07) is 9.33. The Morgan fingerprint density at radius 2 is 2.10 bits per heavy atom. The predicted molar refractivity (Wildman–Crippen MR) is 76.0 cm³/mol. The van der Waals surface area contributed by atoms with Gasteiger partial charge in [-0.15, -0.1) is 0 Å². The maximum atomic E-state index is 11.3. The number of ether oxygens (including phenoxy) is 1. The average Bonchev–Trinajstić information content (AvgIpc) is 2.54. The van der Waals surface area contributed by atoms with E-state index in [9.17, 15) is 15.2 Å². The Kier molecular flexibility index (Phi) is 3.32. The molecule has 106 valence electrons. The molecule has 0 saturated carbocycles. The average molecular weight is 282 g/mol. The van der Waals surface area contributed by atoms with Crippen LogP contribution in [-0.2, 0) is 10.2 Å². The van der Waals surface area contributed by atoms with Gasteiger partial charge in [0.15, 0.2) is 0 Å². The summed E-state index contributed by atoms with van der Waals surface area (Å²) >= 11 is 0. The molecular weight excluding hydrogens is 268 g/mol. The molecule has 2 heterocycles. The molecule has 5 nitrogen and oxygen atoms in total. The van der Waals surface area contributed by atoms with Gasteiger partial charge in [-0.2, -0.15) is 5.26 Å². The van der Waals surface area contributed by atoms with Gasteiger partial charge in [-0.1, -0.05) is 6.07 Å². The predicted octanol–water partition coefficient (Wildman–Crippen LogP) is 2.50. The van der Waals surface area contributed by atoms with Crippen molar-refractivity contribution >= 4 is 16.9 Å². The van der Waals surface area contributed by atoms with E-state index in [1.165, 1.54) is 12.3 Å². The minimum absolute atomic E-state index is 0.210. The van der Waals surface area contributed by atoms with Gasteiger partial charge in [0.25, 0.3) is 0 Å². The van der Waals surface area contributed by atoms with Gasteiger partial charge in [0.1, 0.15) is 0 Å². The Bertz CT molecular complexity index is 743. The molecule has 1 aliphatic rings. The molecule has 0 bridgehead atoms. The fraction of sp³-hybridized carbons (Fsp3) is 0.312. The number of aromatic carboxylic acids is 1. The molecule has 0 unspecified atom stereocenters. The summed E-state index contributed by atoms with van der Waals surface area (Å²) in [5, 5.41) is 19.5. The first kappa shape index (κ1) is 13.5. The van der Waals surface area contributed by atoms with Gasteiger partial charge in [0.05, 0.1) is 22.6 Å². The monoisotopic (exact) mass is 282 g/mol. The molecule has 2 aromatic rings. The number of fused-ring (bicyclic) bond motifs is 1. The van der Waals surface area contributed by atoms with E-state index in [0.29, 0.717) is 37.0 Å². The number of rotatable bonds is 2. The molecule has 1 saturated heterocycles. The second-order valence-electron chi connectivity index (χ2n) is 5.20. The minimum Gasteiger partial charge on any atom is -0.478 e. The number of nitriles is 1. The van der Waals surface area contributed by atoms with Crippen molar-refractivity contribution in [2.75, 3.05) is 13.2 Å². The Labute approximate surface area is 121 Å². The van der Waals surface area contributed by atoms with E-state index >= 15 is 0 Å². The summed E-state index contributed by atoms with van der Waals surface area (Å²) < 4.78 is 5.34. The number of carbonyl (C=O) groups is 1. The standard InChI is InChI=1S/C16H14N2O3/c17-10-16(4-7-21-8-5-16)11-1-2-14-13(9-11)12(15(19)20)3-6-18-14/h1-3,6,9H,4-5,7-8H2,(H,19,20). The molecule has 1 N–H and O–H groups in total. The number of carboxylic acids is 1. The third kappa shape index (κ3) is 2.24. The fourth-order valence-corrected chi connectivity index (χ4v) is 2.82. The quantitative estimate of drug-likeness (QED) is 0.915. The lowest BCUT2D eigenvalue weighted by molar-refractivity contribution is 0.0674. The Morgan fingerprint density at radius 3 is 2.76 bits per heavy atom. The molecule has 1 aromatic carbocycles. The second kappa shape index (κ2) is 5.15. The molecular formula is C16H14N2O3. The van der Waals surface area contributed by atoms with Gasteiger partial charge in [0.2, 0.25) is 0 Å². The molecule has 0 aliphatic carbocycles. The molecule has 21 heavy (non-hydrogen) atoms. The van der Waals surface area contributed by atoms with Gasteiger partial charge >= 0.3 is 5.97 Å². The summed E-state index contributed by atoms with van der Waals surface area (Å²) in [6.07, 6.45) is 2.73. The van der Waals surface area contributed by atoms with E-state index in [4.69, 9.17) is 4.74 Å². The van der Waals surface area contributed by atoms with Crippen LogP contribution >= 0.6 is 0 Å². The van der Waals surface area contributed by atoms with Crippen LogP contribution in [0.25, 0.3) is 10.9 Å². The molecule has 1 aromatic heterocycles. The van der Waals surface area contributed by atoms with E-state index in [0.717, 1.165) is 5.56 Å². The van der Waals surface area contributed by atoms with Gasteiger partial charge in [-0.05, 0) is 36.6 Å². The highest BCUT2D eigenvalue weighted by Crippen LogP contribution is 2.35. The molecule has 0 atom stereocenters. The van der Waals surface area contributed by atoms with Crippen LogP contribution in [0.5, 0.6) is 0 Å². The van der Waals surface area contributed by atoms with Crippen molar-refractivity contribution in [3.63, 3.8) is 0 Å². The van der Waals surface area contributed by atoms with Crippen LogP contribution in [0.3, 0.4) is 0 Å². The van der Waals surface area contributed by atoms with Crippen LogP contribution in [0.2, 0.25) is 0 Å². The van der Waals surface area contributed by atoms with Crippen LogP contribution in [0.1, 0.15) is 28.8 Å². The minimum atomic E-state index is -0.988. The van der Waals surface area contributed by atoms with Crippen molar-refractivity contribution in [3.05, 3.63) is 41.6 Å². The van der Waals surface area contributed by atoms with E-state index in [-0.39, 0.29) is 5.56 Å². The van der Waals surface area contributed by atoms with E-state index in [1.807, 2.05) is 6.07 Å². The van der Waals surface area contributed by atoms with Crippen molar-refractivity contribution in [3.8, 4) is 6.07 Å². The Hall–Kier alpha value is -2.45. The zero-order valence-electron chi connectivity index (χ0n) is 11.4. The molecule has 0 amide bonds. The molecule has 3 rings (SSSR count). The Balaban J connectivity index is 2.18. The zero-order chi connectivity index (χ0) is 14.9. The molecule has 0 spiro atoms. The van der Waals surface area contributed by atoms with E-state index < -0.39 is 11.4 Å². The number of nitrogens with zero attached hydrogens (tertiary/aromatic N) is 2. The lowest BCUT2D eigenvalue weighted by Crippen LogP contribution is -2.32. The van der Waals surface area contributed by atoms with Crippen molar-refractivity contribution in [2.24, 2.45) is 0 Å². The van der Waals surface area contributed by atoms with Crippen LogP contribution in [0, 0.1) is 11.3 Å². The number of pyridine rings is 1. The smallest absolute Gasteiger partial charge is 0.336 e. The molecule has 5 heteroatoms. The summed E-state index contributed by atoms with van der Waals surface area (Å²) in [5.74, 6) is -0.988. The third-order valence-corrected chi connectivity index (χ3v) is 4.08. The number of hydrogen-bond donors (Lipinski definition) is 1. The maximum Gasteiger partial charge on any atom is 0.336 e. The first-order valence-corrected chi connectivity index (χ1v) is 6.78. The van der Waals surface area contributed by atoms with E-state index in [1.54, 1.807) is 12.1 Å². The number of aromatic nitrogens is 1. The molecule has 1 fully saturated rings. The van der Waals surface area contributed by atoms with E-state index in [2.05, 4.69) is 11.1 Å². The lowest BCUT2D eigenvalue weighted by Gasteiger charge is -2.31. The van der Waals surface area contributed by atoms with Crippen LogP contribution in [-0.4, -0.2) is 29.3 Å². The number of hydrogen-bond acceptors (Lipinski definition) is 4. The molecule has 1 aliphatic heterocycles. The van der Waals surface area contributed by atoms with Crippen molar-refractivity contribution in [1.29, 1.82) is 5.26 Å². The lowest BCUT2D eigenvalue weighted by atomic mass is 9.75. The maximum absolute atomic E-state index is 11.3. The highest BCUT2D eigenvalue weighted by atomic mass is 16.5. The zero-order valence-corrected chi connectivity index (χ0v) is 11.4.